The average Bonchev–Trinajstić information content (AvgIpc) is 2.51. The lowest BCUT2D eigenvalue weighted by molar-refractivity contribution is -0.117. The van der Waals surface area contributed by atoms with Gasteiger partial charge in [0.2, 0.25) is 5.91 Å². The number of carbonyl (C=O) groups excluding carboxylic acids is 1. The highest BCUT2D eigenvalue weighted by Gasteiger charge is 2.16. The van der Waals surface area contributed by atoms with Crippen molar-refractivity contribution in [3.63, 3.8) is 0 Å². The second-order valence-corrected chi connectivity index (χ2v) is 8.47. The lowest BCUT2D eigenvalue weighted by Gasteiger charge is -2.18. The largest absolute Gasteiger partial charge is 0.324 e. The number of halogens is 2. The Labute approximate surface area is 157 Å². The Morgan fingerprint density at radius 3 is 2.48 bits per heavy atom. The zero-order chi connectivity index (χ0) is 18.6. The van der Waals surface area contributed by atoms with Crippen molar-refractivity contribution in [3.05, 3.63) is 58.1 Å². The quantitative estimate of drug-likeness (QED) is 0.805. The maximum atomic E-state index is 12.2. The molecule has 0 aliphatic rings. The Bertz CT molecular complexity index is 885. The summed E-state index contributed by atoms with van der Waals surface area (Å²) in [5, 5.41) is 3.56. The highest BCUT2D eigenvalue weighted by molar-refractivity contribution is 7.90. The van der Waals surface area contributed by atoms with Crippen molar-refractivity contribution in [1.82, 2.24) is 4.90 Å². The van der Waals surface area contributed by atoms with Crippen LogP contribution in [0.25, 0.3) is 0 Å². The smallest absolute Gasteiger partial charge is 0.238 e. The van der Waals surface area contributed by atoms with E-state index in [2.05, 4.69) is 5.32 Å². The van der Waals surface area contributed by atoms with Gasteiger partial charge < -0.3 is 5.32 Å². The lowest BCUT2D eigenvalue weighted by atomic mass is 10.2. The Balaban J connectivity index is 2.05. The van der Waals surface area contributed by atoms with Gasteiger partial charge in [-0.05, 0) is 30.8 Å². The molecule has 0 atom stereocenters. The number of rotatable bonds is 6. The van der Waals surface area contributed by atoms with Gasteiger partial charge in [0.05, 0.1) is 27.2 Å². The van der Waals surface area contributed by atoms with Crippen LogP contribution >= 0.6 is 23.2 Å². The Morgan fingerprint density at radius 2 is 1.80 bits per heavy atom. The third-order valence-corrected chi connectivity index (χ3v) is 5.46. The summed E-state index contributed by atoms with van der Waals surface area (Å²) in [6, 6.07) is 11.6. The first-order valence-electron chi connectivity index (χ1n) is 7.39. The molecule has 0 aliphatic heterocycles. The minimum absolute atomic E-state index is 0.0704. The summed E-state index contributed by atoms with van der Waals surface area (Å²) >= 11 is 12.1. The molecule has 25 heavy (non-hydrogen) atoms. The average molecular weight is 401 g/mol. The number of anilines is 1. The predicted molar refractivity (Wildman–Crippen MR) is 101 cm³/mol. The summed E-state index contributed by atoms with van der Waals surface area (Å²) in [5.74, 6) is -0.322. The summed E-state index contributed by atoms with van der Waals surface area (Å²) in [5.41, 5.74) is 1.07. The van der Waals surface area contributed by atoms with Gasteiger partial charge in [0, 0.05) is 12.8 Å². The van der Waals surface area contributed by atoms with Crippen LogP contribution in [0.2, 0.25) is 10.0 Å². The van der Waals surface area contributed by atoms with Crippen molar-refractivity contribution in [2.45, 2.75) is 11.4 Å². The first-order chi connectivity index (χ1) is 11.7. The molecule has 0 bridgehead atoms. The molecule has 134 valence electrons. The minimum atomic E-state index is -3.43. The molecule has 0 unspecified atom stereocenters. The molecule has 0 radical (unpaired) electrons. The molecule has 0 aliphatic carbocycles. The maximum Gasteiger partial charge on any atom is 0.238 e. The topological polar surface area (TPSA) is 66.5 Å². The van der Waals surface area contributed by atoms with E-state index in [-0.39, 0.29) is 23.0 Å². The zero-order valence-corrected chi connectivity index (χ0v) is 16.1. The van der Waals surface area contributed by atoms with Gasteiger partial charge in [-0.2, -0.15) is 0 Å². The molecule has 2 aromatic rings. The molecule has 0 saturated heterocycles. The highest BCUT2D eigenvalue weighted by atomic mass is 35.5. The van der Waals surface area contributed by atoms with E-state index in [4.69, 9.17) is 23.2 Å². The Morgan fingerprint density at radius 1 is 1.12 bits per heavy atom. The van der Waals surface area contributed by atoms with Crippen LogP contribution < -0.4 is 5.32 Å². The monoisotopic (exact) mass is 400 g/mol. The van der Waals surface area contributed by atoms with Gasteiger partial charge in [-0.1, -0.05) is 47.5 Å². The second kappa shape index (κ2) is 8.19. The van der Waals surface area contributed by atoms with Gasteiger partial charge in [0.1, 0.15) is 0 Å². The molecule has 5 nitrogen and oxygen atoms in total. The second-order valence-electron chi connectivity index (χ2n) is 5.70. The fraction of sp³-hybridized carbons (Fsp3) is 0.235. The first kappa shape index (κ1) is 19.7. The number of carbonyl (C=O) groups is 1. The van der Waals surface area contributed by atoms with Crippen molar-refractivity contribution in [2.24, 2.45) is 0 Å². The van der Waals surface area contributed by atoms with Gasteiger partial charge in [0.15, 0.2) is 9.84 Å². The van der Waals surface area contributed by atoms with E-state index in [0.29, 0.717) is 16.6 Å². The molecule has 0 heterocycles. The number of hydrogen-bond donors (Lipinski definition) is 1. The number of nitrogens with zero attached hydrogens (tertiary/aromatic N) is 1. The normalized spacial score (nSPS) is 11.6. The fourth-order valence-corrected chi connectivity index (χ4v) is 3.57. The molecular formula is C17H18Cl2N2O3S. The van der Waals surface area contributed by atoms with Crippen LogP contribution in [0.3, 0.4) is 0 Å². The number of sulfone groups is 1. The first-order valence-corrected chi connectivity index (χ1v) is 10.0. The third-order valence-electron chi connectivity index (χ3n) is 3.45. The molecule has 1 N–H and O–H groups in total. The van der Waals surface area contributed by atoms with E-state index in [1.165, 1.54) is 6.07 Å². The predicted octanol–water partition coefficient (Wildman–Crippen LogP) is 3.47. The van der Waals surface area contributed by atoms with Gasteiger partial charge >= 0.3 is 0 Å². The Hall–Kier alpha value is -1.60. The van der Waals surface area contributed by atoms with E-state index in [1.807, 2.05) is 6.07 Å². The van der Waals surface area contributed by atoms with Gasteiger partial charge in [-0.15, -0.1) is 0 Å². The summed E-state index contributed by atoms with van der Waals surface area (Å²) < 4.78 is 23.6. The van der Waals surface area contributed by atoms with E-state index < -0.39 is 9.84 Å². The number of nitrogens with one attached hydrogen (secondary N) is 1. The number of amides is 1. The van der Waals surface area contributed by atoms with E-state index in [1.54, 1.807) is 42.3 Å². The molecule has 0 saturated carbocycles. The Kier molecular flexibility index (Phi) is 6.46. The molecule has 0 aromatic heterocycles. The SMILES string of the molecule is CN(CC(=O)Nc1ccccc1S(C)(=O)=O)Cc1cccc(Cl)c1Cl. The number of para-hydroxylation sites is 1. The molecule has 2 aromatic carbocycles. The number of likely N-dealkylation sites (N-methyl/N-ethyl adjacent to an activating group) is 1. The third kappa shape index (κ3) is 5.44. The molecule has 2 rings (SSSR count). The van der Waals surface area contributed by atoms with Crippen molar-refractivity contribution in [3.8, 4) is 0 Å². The summed E-state index contributed by atoms with van der Waals surface area (Å²) in [4.78, 5) is 14.1. The minimum Gasteiger partial charge on any atom is -0.324 e. The van der Waals surface area contributed by atoms with Crippen LogP contribution in [-0.2, 0) is 21.2 Å². The van der Waals surface area contributed by atoms with Gasteiger partial charge in [-0.25, -0.2) is 8.42 Å². The van der Waals surface area contributed by atoms with Crippen LogP contribution in [0.4, 0.5) is 5.69 Å². The van der Waals surface area contributed by atoms with Gasteiger partial charge in [0.25, 0.3) is 0 Å². The molecule has 8 heteroatoms. The van der Waals surface area contributed by atoms with Crippen molar-refractivity contribution in [1.29, 1.82) is 0 Å². The lowest BCUT2D eigenvalue weighted by Crippen LogP contribution is -2.30. The van der Waals surface area contributed by atoms with Crippen LogP contribution in [0.15, 0.2) is 47.4 Å². The summed E-state index contributed by atoms with van der Waals surface area (Å²) in [6.07, 6.45) is 1.10. The van der Waals surface area contributed by atoms with Crippen LogP contribution in [0.1, 0.15) is 5.56 Å². The summed E-state index contributed by atoms with van der Waals surface area (Å²) in [7, 11) is -1.66. The number of benzene rings is 2. The maximum absolute atomic E-state index is 12.2. The van der Waals surface area contributed by atoms with Crippen LogP contribution in [0.5, 0.6) is 0 Å². The van der Waals surface area contributed by atoms with Gasteiger partial charge in [-0.3, -0.25) is 9.69 Å². The van der Waals surface area contributed by atoms with Crippen LogP contribution in [-0.4, -0.2) is 39.1 Å². The van der Waals surface area contributed by atoms with Crippen molar-refractivity contribution in [2.75, 3.05) is 25.2 Å². The van der Waals surface area contributed by atoms with Crippen molar-refractivity contribution >= 4 is 44.6 Å². The van der Waals surface area contributed by atoms with E-state index in [9.17, 15) is 13.2 Å². The van der Waals surface area contributed by atoms with Crippen LogP contribution in [0, 0.1) is 0 Å². The van der Waals surface area contributed by atoms with E-state index >= 15 is 0 Å². The van der Waals surface area contributed by atoms with E-state index in [0.717, 1.165) is 11.8 Å². The fourth-order valence-electron chi connectivity index (χ4n) is 2.35. The highest BCUT2D eigenvalue weighted by Crippen LogP contribution is 2.26. The molecule has 0 fully saturated rings. The summed E-state index contributed by atoms with van der Waals surface area (Å²) in [6.45, 7) is 0.501. The number of hydrogen-bond acceptors (Lipinski definition) is 4. The standard InChI is InChI=1S/C17H18Cl2N2O3S/c1-21(10-12-6-5-7-13(18)17(12)19)11-16(22)20-14-8-3-4-9-15(14)25(2,23)24/h3-9H,10-11H2,1-2H3,(H,20,22). The molecule has 1 amide bonds. The van der Waals surface area contributed by atoms with Crippen molar-refractivity contribution < 1.29 is 13.2 Å². The molecular weight excluding hydrogens is 383 g/mol. The zero-order valence-electron chi connectivity index (χ0n) is 13.8. The molecule has 0 spiro atoms.